The summed E-state index contributed by atoms with van der Waals surface area (Å²) >= 11 is 0. The summed E-state index contributed by atoms with van der Waals surface area (Å²) in [6.45, 7) is 8.95. The third-order valence-corrected chi connectivity index (χ3v) is 5.88. The molecule has 0 fully saturated rings. The Bertz CT molecular complexity index is 1010. The predicted molar refractivity (Wildman–Crippen MR) is 113 cm³/mol. The molecule has 1 aromatic heterocycles. The summed E-state index contributed by atoms with van der Waals surface area (Å²) in [4.78, 5) is 25.9. The molecule has 2 heterocycles. The molecule has 0 saturated carbocycles. The van der Waals surface area contributed by atoms with Crippen LogP contribution in [-0.2, 0) is 12.7 Å². The van der Waals surface area contributed by atoms with E-state index in [-0.39, 0.29) is 23.3 Å². The van der Waals surface area contributed by atoms with Gasteiger partial charge in [-0.1, -0.05) is 32.9 Å². The maximum absolute atomic E-state index is 13.7. The Morgan fingerprint density at radius 3 is 2.34 bits per heavy atom. The Labute approximate surface area is 184 Å². The van der Waals surface area contributed by atoms with Gasteiger partial charge < -0.3 is 15.3 Å². The van der Waals surface area contributed by atoms with Gasteiger partial charge in [-0.05, 0) is 36.5 Å². The lowest BCUT2D eigenvalue weighted by Crippen LogP contribution is -2.35. The lowest BCUT2D eigenvalue weighted by atomic mass is 9.89. The highest BCUT2D eigenvalue weighted by Crippen LogP contribution is 2.39. The van der Waals surface area contributed by atoms with E-state index < -0.39 is 35.4 Å². The minimum atomic E-state index is -4.78. The first-order valence-electron chi connectivity index (χ1n) is 10.4. The number of hydrogen-bond acceptors (Lipinski definition) is 4. The molecule has 0 saturated heterocycles. The molecule has 32 heavy (non-hydrogen) atoms. The molecule has 1 aromatic carbocycles. The Balaban J connectivity index is 1.93. The molecular weight excluding hydrogens is 425 g/mol. The van der Waals surface area contributed by atoms with E-state index in [9.17, 15) is 22.8 Å². The van der Waals surface area contributed by atoms with E-state index in [2.05, 4.69) is 10.4 Å². The number of carbonyl (C=O) groups excluding carboxylic acids is 1. The summed E-state index contributed by atoms with van der Waals surface area (Å²) in [5.41, 5.74) is -1.17. The fraction of sp³-hybridized carbons (Fsp3) is 0.500. The number of halogens is 3. The van der Waals surface area contributed by atoms with E-state index >= 15 is 0 Å². The fourth-order valence-corrected chi connectivity index (χ4v) is 3.71. The second-order valence-corrected chi connectivity index (χ2v) is 8.83. The number of anilines is 1. The van der Waals surface area contributed by atoms with Crippen molar-refractivity contribution in [2.24, 2.45) is 5.41 Å². The summed E-state index contributed by atoms with van der Waals surface area (Å²) in [6.07, 6.45) is -3.95. The van der Waals surface area contributed by atoms with E-state index in [0.717, 1.165) is 6.42 Å². The van der Waals surface area contributed by atoms with Crippen LogP contribution in [0, 0.1) is 5.41 Å². The SMILES string of the molecule is CCC(C)(C)CN1CCn2nc(C(F)(F)F)c(C(=O)N[C@@H](C)c3ccc(C(=O)O)cc3)c21. The number of nitrogens with zero attached hydrogens (tertiary/aromatic N) is 3. The van der Waals surface area contributed by atoms with Gasteiger partial charge in [0.25, 0.3) is 5.91 Å². The molecule has 7 nitrogen and oxygen atoms in total. The van der Waals surface area contributed by atoms with E-state index in [1.54, 1.807) is 11.8 Å². The zero-order valence-corrected chi connectivity index (χ0v) is 18.5. The lowest BCUT2D eigenvalue weighted by molar-refractivity contribution is -0.141. The van der Waals surface area contributed by atoms with Crippen molar-refractivity contribution in [3.63, 3.8) is 0 Å². The number of nitrogens with one attached hydrogen (secondary N) is 1. The molecule has 1 aliphatic heterocycles. The maximum atomic E-state index is 13.7. The van der Waals surface area contributed by atoms with Crippen molar-refractivity contribution in [2.45, 2.75) is 52.9 Å². The van der Waals surface area contributed by atoms with Crippen LogP contribution in [0.25, 0.3) is 0 Å². The van der Waals surface area contributed by atoms with Gasteiger partial charge in [-0.2, -0.15) is 18.3 Å². The standard InChI is InChI=1S/C22H27F3N4O3/c1-5-21(3,4)12-28-10-11-29-19(28)16(17(27-29)22(23,24)25)18(30)26-13(2)14-6-8-15(9-7-14)20(31)32/h6-9,13H,5,10-12H2,1-4H3,(H,26,30)(H,31,32)/t13-/m0/s1. The number of carboxylic acid groups (broad SMARTS) is 1. The first kappa shape index (κ1) is 23.6. The monoisotopic (exact) mass is 452 g/mol. The maximum Gasteiger partial charge on any atom is 0.436 e. The number of amides is 1. The molecule has 0 radical (unpaired) electrons. The van der Waals surface area contributed by atoms with Gasteiger partial charge in [-0.15, -0.1) is 0 Å². The van der Waals surface area contributed by atoms with Crippen LogP contribution in [0.15, 0.2) is 24.3 Å². The van der Waals surface area contributed by atoms with E-state index in [1.165, 1.54) is 28.9 Å². The zero-order chi connectivity index (χ0) is 23.8. The van der Waals surface area contributed by atoms with Crippen molar-refractivity contribution in [3.8, 4) is 0 Å². The van der Waals surface area contributed by atoms with Crippen LogP contribution in [0.4, 0.5) is 19.0 Å². The number of fused-ring (bicyclic) bond motifs is 1. The van der Waals surface area contributed by atoms with Crippen molar-refractivity contribution in [1.82, 2.24) is 15.1 Å². The normalized spacial score (nSPS) is 14.9. The van der Waals surface area contributed by atoms with E-state index in [0.29, 0.717) is 18.7 Å². The van der Waals surface area contributed by atoms with Crippen molar-refractivity contribution in [1.29, 1.82) is 0 Å². The summed E-state index contributed by atoms with van der Waals surface area (Å²) in [5, 5.41) is 15.4. The van der Waals surface area contributed by atoms with Gasteiger partial charge in [0.2, 0.25) is 0 Å². The molecule has 0 aliphatic carbocycles. The third kappa shape index (κ3) is 4.73. The molecule has 0 spiro atoms. The number of aromatic nitrogens is 2. The number of carbonyl (C=O) groups is 2. The number of rotatable bonds is 7. The Morgan fingerprint density at radius 1 is 1.19 bits per heavy atom. The first-order chi connectivity index (χ1) is 14.8. The van der Waals surface area contributed by atoms with E-state index in [1.807, 2.05) is 20.8 Å². The molecular formula is C22H27F3N4O3. The topological polar surface area (TPSA) is 87.5 Å². The minimum absolute atomic E-state index is 0.0790. The summed E-state index contributed by atoms with van der Waals surface area (Å²) in [7, 11) is 0. The van der Waals surface area contributed by atoms with Crippen LogP contribution in [0.1, 0.15) is 72.1 Å². The lowest BCUT2D eigenvalue weighted by Gasteiger charge is -2.30. The molecule has 1 amide bonds. The van der Waals surface area contributed by atoms with Crippen LogP contribution in [0.3, 0.4) is 0 Å². The Morgan fingerprint density at radius 2 is 1.81 bits per heavy atom. The van der Waals surface area contributed by atoms with Crippen LogP contribution >= 0.6 is 0 Å². The molecule has 10 heteroatoms. The molecule has 3 rings (SSSR count). The van der Waals surface area contributed by atoms with Crippen LogP contribution in [-0.4, -0.2) is 39.9 Å². The average Bonchev–Trinajstić information content (AvgIpc) is 3.27. The zero-order valence-electron chi connectivity index (χ0n) is 18.5. The summed E-state index contributed by atoms with van der Waals surface area (Å²) < 4.78 is 42.5. The third-order valence-electron chi connectivity index (χ3n) is 5.88. The largest absolute Gasteiger partial charge is 0.478 e. The quantitative estimate of drug-likeness (QED) is 0.652. The van der Waals surface area contributed by atoms with Gasteiger partial charge in [-0.3, -0.25) is 4.79 Å². The van der Waals surface area contributed by atoms with Crippen molar-refractivity contribution >= 4 is 17.7 Å². The Hall–Kier alpha value is -3.04. The molecule has 1 atom stereocenters. The van der Waals surface area contributed by atoms with Gasteiger partial charge in [0.15, 0.2) is 5.69 Å². The minimum Gasteiger partial charge on any atom is -0.478 e. The Kier molecular flexibility index (Phi) is 6.26. The first-order valence-corrected chi connectivity index (χ1v) is 10.4. The average molecular weight is 452 g/mol. The molecule has 2 aromatic rings. The fourth-order valence-electron chi connectivity index (χ4n) is 3.71. The molecule has 0 unspecified atom stereocenters. The van der Waals surface area contributed by atoms with Gasteiger partial charge in [0.05, 0.1) is 18.2 Å². The molecule has 0 bridgehead atoms. The number of aromatic carboxylic acids is 1. The van der Waals surface area contributed by atoms with Gasteiger partial charge in [0.1, 0.15) is 11.4 Å². The molecule has 1 aliphatic rings. The van der Waals surface area contributed by atoms with Gasteiger partial charge in [-0.25, -0.2) is 9.48 Å². The van der Waals surface area contributed by atoms with Crippen molar-refractivity contribution < 1.29 is 27.9 Å². The van der Waals surface area contributed by atoms with Gasteiger partial charge in [0, 0.05) is 13.1 Å². The highest BCUT2D eigenvalue weighted by Gasteiger charge is 2.44. The highest BCUT2D eigenvalue weighted by molar-refractivity contribution is 6.01. The number of hydrogen-bond donors (Lipinski definition) is 2. The van der Waals surface area contributed by atoms with Crippen molar-refractivity contribution in [2.75, 3.05) is 18.0 Å². The molecule has 174 valence electrons. The van der Waals surface area contributed by atoms with Crippen LogP contribution < -0.4 is 10.2 Å². The summed E-state index contributed by atoms with van der Waals surface area (Å²) in [5.74, 6) is -1.77. The van der Waals surface area contributed by atoms with Crippen LogP contribution in [0.2, 0.25) is 0 Å². The van der Waals surface area contributed by atoms with Gasteiger partial charge >= 0.3 is 12.1 Å². The second-order valence-electron chi connectivity index (χ2n) is 8.83. The highest BCUT2D eigenvalue weighted by atomic mass is 19.4. The predicted octanol–water partition coefficient (Wildman–Crippen LogP) is 4.35. The number of benzene rings is 1. The second kappa shape index (κ2) is 8.48. The smallest absolute Gasteiger partial charge is 0.436 e. The van der Waals surface area contributed by atoms with Crippen molar-refractivity contribution in [3.05, 3.63) is 46.6 Å². The summed E-state index contributed by atoms with van der Waals surface area (Å²) in [6, 6.07) is 5.18. The number of carboxylic acids is 1. The van der Waals surface area contributed by atoms with Crippen LogP contribution in [0.5, 0.6) is 0 Å². The van der Waals surface area contributed by atoms with E-state index in [4.69, 9.17) is 5.11 Å². The molecule has 2 N–H and O–H groups in total. The number of alkyl halides is 3.